The lowest BCUT2D eigenvalue weighted by molar-refractivity contribution is 0.0854. The average Bonchev–Trinajstić information content (AvgIpc) is 2.40. The van der Waals surface area contributed by atoms with E-state index in [1.807, 2.05) is 13.0 Å². The fourth-order valence-electron chi connectivity index (χ4n) is 2.65. The summed E-state index contributed by atoms with van der Waals surface area (Å²) in [6, 6.07) is 6.77. The lowest BCUT2D eigenvalue weighted by Gasteiger charge is -2.34. The average molecular weight is 283 g/mol. The highest BCUT2D eigenvalue weighted by molar-refractivity contribution is 6.30. The molecule has 1 aliphatic rings. The Hall–Kier alpha value is -0.770. The van der Waals surface area contributed by atoms with E-state index >= 15 is 0 Å². The van der Waals surface area contributed by atoms with E-state index in [1.54, 1.807) is 0 Å². The summed E-state index contributed by atoms with van der Waals surface area (Å²) in [7, 11) is 2.15. The quantitative estimate of drug-likeness (QED) is 0.923. The Bertz CT molecular complexity index is 417. The van der Waals surface area contributed by atoms with Crippen molar-refractivity contribution in [2.24, 2.45) is 5.73 Å². The maximum Gasteiger partial charge on any atom is 0.0485 e. The number of benzene rings is 1. The molecule has 0 spiro atoms. The molecule has 1 saturated heterocycles. The van der Waals surface area contributed by atoms with Crippen LogP contribution >= 0.6 is 11.6 Å². The monoisotopic (exact) mass is 282 g/mol. The van der Waals surface area contributed by atoms with Gasteiger partial charge in [0.15, 0.2) is 0 Å². The summed E-state index contributed by atoms with van der Waals surface area (Å²) in [6.07, 6.45) is 3.02. The molecule has 1 atom stereocenters. The minimum Gasteiger partial charge on any atom is -0.381 e. The Balaban J connectivity index is 2.22. The minimum absolute atomic E-state index is 0.156. The van der Waals surface area contributed by atoms with E-state index in [2.05, 4.69) is 24.1 Å². The first-order chi connectivity index (χ1) is 9.08. The van der Waals surface area contributed by atoms with Gasteiger partial charge in [-0.2, -0.15) is 0 Å². The zero-order valence-corrected chi connectivity index (χ0v) is 12.5. The normalized spacial score (nSPS) is 18.3. The van der Waals surface area contributed by atoms with Crippen molar-refractivity contribution in [1.29, 1.82) is 0 Å². The van der Waals surface area contributed by atoms with Gasteiger partial charge >= 0.3 is 0 Å². The van der Waals surface area contributed by atoms with Gasteiger partial charge in [0, 0.05) is 43.1 Å². The Morgan fingerprint density at radius 1 is 1.42 bits per heavy atom. The maximum absolute atomic E-state index is 6.15. The zero-order valence-electron chi connectivity index (χ0n) is 11.7. The van der Waals surface area contributed by atoms with Gasteiger partial charge in [-0.1, -0.05) is 17.7 Å². The van der Waals surface area contributed by atoms with Crippen LogP contribution in [0, 0.1) is 0 Å². The molecule has 2 N–H and O–H groups in total. The van der Waals surface area contributed by atoms with Crippen LogP contribution in [0.25, 0.3) is 0 Å². The predicted molar refractivity (Wildman–Crippen MR) is 81.0 cm³/mol. The molecule has 1 aromatic rings. The number of ether oxygens (including phenoxy) is 1. The van der Waals surface area contributed by atoms with Crippen LogP contribution in [0.1, 0.15) is 25.3 Å². The van der Waals surface area contributed by atoms with Crippen molar-refractivity contribution in [3.63, 3.8) is 0 Å². The maximum atomic E-state index is 6.15. The van der Waals surface area contributed by atoms with Crippen LogP contribution in [-0.2, 0) is 11.2 Å². The molecule has 0 amide bonds. The number of anilines is 1. The van der Waals surface area contributed by atoms with Gasteiger partial charge in [0.05, 0.1) is 0 Å². The lowest BCUT2D eigenvalue weighted by atomic mass is 10.0. The molecule has 1 heterocycles. The second-order valence-electron chi connectivity index (χ2n) is 5.41. The predicted octanol–water partition coefficient (Wildman–Crippen LogP) is 2.84. The van der Waals surface area contributed by atoms with E-state index in [0.29, 0.717) is 6.04 Å². The van der Waals surface area contributed by atoms with Crippen molar-refractivity contribution in [1.82, 2.24) is 0 Å². The second-order valence-corrected chi connectivity index (χ2v) is 5.85. The smallest absolute Gasteiger partial charge is 0.0485 e. The molecule has 1 fully saturated rings. The molecule has 0 radical (unpaired) electrons. The number of nitrogens with zero attached hydrogens (tertiary/aromatic N) is 1. The summed E-state index contributed by atoms with van der Waals surface area (Å²) in [4.78, 5) is 2.34. The number of rotatable bonds is 4. The van der Waals surface area contributed by atoms with Crippen LogP contribution in [0.2, 0.25) is 5.02 Å². The third-order valence-electron chi connectivity index (χ3n) is 3.71. The Morgan fingerprint density at radius 2 is 2.11 bits per heavy atom. The SMILES string of the molecule is CC(N)Cc1ccc(Cl)cc1N(C)C1CCOCC1. The fraction of sp³-hybridized carbons (Fsp3) is 0.600. The Kier molecular flexibility index (Phi) is 5.08. The van der Waals surface area contributed by atoms with Crippen LogP contribution in [0.5, 0.6) is 0 Å². The topological polar surface area (TPSA) is 38.5 Å². The highest BCUT2D eigenvalue weighted by Crippen LogP contribution is 2.28. The molecule has 19 heavy (non-hydrogen) atoms. The first kappa shape index (κ1) is 14.6. The van der Waals surface area contributed by atoms with E-state index in [-0.39, 0.29) is 6.04 Å². The molecular weight excluding hydrogens is 260 g/mol. The van der Waals surface area contributed by atoms with Crippen LogP contribution < -0.4 is 10.6 Å². The second kappa shape index (κ2) is 6.60. The van der Waals surface area contributed by atoms with Crippen LogP contribution in [0.4, 0.5) is 5.69 Å². The molecule has 1 unspecified atom stereocenters. The van der Waals surface area contributed by atoms with E-state index in [1.165, 1.54) is 11.3 Å². The number of hydrogen-bond acceptors (Lipinski definition) is 3. The largest absolute Gasteiger partial charge is 0.381 e. The third-order valence-corrected chi connectivity index (χ3v) is 3.94. The number of halogens is 1. The molecule has 0 aliphatic carbocycles. The van der Waals surface area contributed by atoms with Crippen LogP contribution in [0.3, 0.4) is 0 Å². The van der Waals surface area contributed by atoms with Crippen LogP contribution in [0.15, 0.2) is 18.2 Å². The molecule has 0 aromatic heterocycles. The fourth-order valence-corrected chi connectivity index (χ4v) is 2.82. The third kappa shape index (κ3) is 3.85. The van der Waals surface area contributed by atoms with Crippen molar-refractivity contribution in [2.75, 3.05) is 25.2 Å². The molecule has 3 nitrogen and oxygen atoms in total. The standard InChI is InChI=1S/C15H23ClN2O/c1-11(17)9-12-3-4-13(16)10-15(12)18(2)14-5-7-19-8-6-14/h3-4,10-11,14H,5-9,17H2,1-2H3. The van der Waals surface area contributed by atoms with Crippen molar-refractivity contribution < 1.29 is 4.74 Å². The van der Waals surface area contributed by atoms with Gasteiger partial charge in [-0.3, -0.25) is 0 Å². The highest BCUT2D eigenvalue weighted by Gasteiger charge is 2.21. The summed E-state index contributed by atoms with van der Waals surface area (Å²) < 4.78 is 5.43. The van der Waals surface area contributed by atoms with Crippen molar-refractivity contribution in [2.45, 2.75) is 38.3 Å². The van der Waals surface area contributed by atoms with Gasteiger partial charge in [-0.05, 0) is 43.9 Å². The molecule has 1 aliphatic heterocycles. The molecule has 0 bridgehead atoms. The van der Waals surface area contributed by atoms with E-state index in [0.717, 1.165) is 37.5 Å². The van der Waals surface area contributed by atoms with Gasteiger partial charge in [0.2, 0.25) is 0 Å². The lowest BCUT2D eigenvalue weighted by Crippen LogP contribution is -2.37. The van der Waals surface area contributed by atoms with Crippen molar-refractivity contribution >= 4 is 17.3 Å². The minimum atomic E-state index is 0.156. The van der Waals surface area contributed by atoms with Crippen molar-refractivity contribution in [3.8, 4) is 0 Å². The van der Waals surface area contributed by atoms with E-state index in [4.69, 9.17) is 22.1 Å². The Labute approximate surface area is 120 Å². The summed E-state index contributed by atoms with van der Waals surface area (Å²) in [5.41, 5.74) is 8.42. The number of hydrogen-bond donors (Lipinski definition) is 1. The first-order valence-corrected chi connectivity index (χ1v) is 7.30. The van der Waals surface area contributed by atoms with Gasteiger partial charge in [-0.15, -0.1) is 0 Å². The number of nitrogens with two attached hydrogens (primary N) is 1. The van der Waals surface area contributed by atoms with Gasteiger partial charge in [0.25, 0.3) is 0 Å². The molecule has 1 aromatic carbocycles. The molecule has 2 rings (SSSR count). The van der Waals surface area contributed by atoms with Crippen molar-refractivity contribution in [3.05, 3.63) is 28.8 Å². The van der Waals surface area contributed by atoms with E-state index < -0.39 is 0 Å². The summed E-state index contributed by atoms with van der Waals surface area (Å²) in [5, 5.41) is 0.780. The molecular formula is C15H23ClN2O. The van der Waals surface area contributed by atoms with Gasteiger partial charge in [-0.25, -0.2) is 0 Å². The molecule has 106 valence electrons. The van der Waals surface area contributed by atoms with Gasteiger partial charge < -0.3 is 15.4 Å². The molecule has 4 heteroatoms. The highest BCUT2D eigenvalue weighted by atomic mass is 35.5. The first-order valence-electron chi connectivity index (χ1n) is 6.92. The van der Waals surface area contributed by atoms with Gasteiger partial charge in [0.1, 0.15) is 0 Å². The zero-order chi connectivity index (χ0) is 13.8. The summed E-state index contributed by atoms with van der Waals surface area (Å²) in [6.45, 7) is 3.73. The van der Waals surface area contributed by atoms with Crippen LogP contribution in [-0.4, -0.2) is 32.3 Å². The Morgan fingerprint density at radius 3 is 2.74 bits per heavy atom. The summed E-state index contributed by atoms with van der Waals surface area (Å²) in [5.74, 6) is 0. The van der Waals surface area contributed by atoms with E-state index in [9.17, 15) is 0 Å². The molecule has 0 saturated carbocycles. The summed E-state index contributed by atoms with van der Waals surface area (Å²) >= 11 is 6.15.